The Labute approximate surface area is 173 Å². The van der Waals surface area contributed by atoms with Crippen LogP contribution in [-0.2, 0) is 6.42 Å². The van der Waals surface area contributed by atoms with E-state index in [0.29, 0.717) is 23.3 Å². The molecule has 0 fully saturated rings. The maximum Gasteiger partial charge on any atom is 0.254 e. The maximum absolute atomic E-state index is 13.3. The third-order valence-corrected chi connectivity index (χ3v) is 5.14. The monoisotopic (exact) mass is 397 g/mol. The van der Waals surface area contributed by atoms with E-state index in [-0.39, 0.29) is 24.8 Å². The number of carbonyl (C=O) groups excluding carboxylic acids is 2. The quantitative estimate of drug-likeness (QED) is 0.685. The van der Waals surface area contributed by atoms with Crippen molar-refractivity contribution in [3.8, 4) is 5.75 Å². The van der Waals surface area contributed by atoms with Gasteiger partial charge in [-0.3, -0.25) is 9.59 Å². The van der Waals surface area contributed by atoms with Crippen LogP contribution >= 0.6 is 0 Å². The van der Waals surface area contributed by atoms with Gasteiger partial charge in [0, 0.05) is 16.7 Å². The van der Waals surface area contributed by atoms with Gasteiger partial charge in [-0.05, 0) is 52.3 Å². The van der Waals surface area contributed by atoms with Crippen LogP contribution in [0.2, 0.25) is 0 Å². The zero-order chi connectivity index (χ0) is 21.8. The Bertz CT molecular complexity index is 881. The Morgan fingerprint density at radius 1 is 1.10 bits per heavy atom. The Morgan fingerprint density at radius 2 is 1.72 bits per heavy atom. The number of amides is 1. The third kappa shape index (κ3) is 5.04. The summed E-state index contributed by atoms with van der Waals surface area (Å²) in [6, 6.07) is 11.0. The van der Waals surface area contributed by atoms with Crippen LogP contribution in [0.3, 0.4) is 0 Å². The van der Waals surface area contributed by atoms with Crippen LogP contribution in [0.5, 0.6) is 5.75 Å². The first-order valence-corrected chi connectivity index (χ1v) is 9.84. The van der Waals surface area contributed by atoms with Gasteiger partial charge in [0.1, 0.15) is 5.75 Å². The molecule has 0 saturated carbocycles. The van der Waals surface area contributed by atoms with Gasteiger partial charge in [0.25, 0.3) is 5.91 Å². The number of aliphatic hydroxyl groups is 1. The summed E-state index contributed by atoms with van der Waals surface area (Å²) in [6.07, 6.45) is 0.638. The summed E-state index contributed by atoms with van der Waals surface area (Å²) in [5.74, 6) is 0.206. The molecule has 5 heteroatoms. The van der Waals surface area contributed by atoms with Gasteiger partial charge in [0.2, 0.25) is 0 Å². The number of Topliss-reactive ketones (excluding diaryl/α,β-unsaturated/α-hetero) is 1. The molecule has 0 saturated heterocycles. The smallest absolute Gasteiger partial charge is 0.254 e. The average Bonchev–Trinajstić information content (AvgIpc) is 2.69. The van der Waals surface area contributed by atoms with Gasteiger partial charge < -0.3 is 14.7 Å². The summed E-state index contributed by atoms with van der Waals surface area (Å²) < 4.78 is 5.39. The molecular weight excluding hydrogens is 366 g/mol. The zero-order valence-electron chi connectivity index (χ0n) is 18.2. The van der Waals surface area contributed by atoms with Crippen LogP contribution in [0, 0.1) is 13.8 Å². The van der Waals surface area contributed by atoms with Gasteiger partial charge in [-0.15, -0.1) is 0 Å². The predicted molar refractivity (Wildman–Crippen MR) is 115 cm³/mol. The number of ketones is 1. The fraction of sp³-hybridized carbons (Fsp3) is 0.417. The molecule has 0 bridgehead atoms. The summed E-state index contributed by atoms with van der Waals surface area (Å²) in [5, 5.41) is 9.91. The highest BCUT2D eigenvalue weighted by Crippen LogP contribution is 2.25. The van der Waals surface area contributed by atoms with E-state index >= 15 is 0 Å². The lowest BCUT2D eigenvalue weighted by Crippen LogP contribution is -2.52. The minimum atomic E-state index is -0.893. The largest absolute Gasteiger partial charge is 0.496 e. The summed E-state index contributed by atoms with van der Waals surface area (Å²) in [6.45, 7) is 8.96. The summed E-state index contributed by atoms with van der Waals surface area (Å²) in [4.78, 5) is 28.0. The lowest BCUT2D eigenvalue weighted by molar-refractivity contribution is 0.0360. The lowest BCUT2D eigenvalue weighted by Gasteiger charge is -2.37. The van der Waals surface area contributed by atoms with Crippen LogP contribution in [-0.4, -0.2) is 47.5 Å². The van der Waals surface area contributed by atoms with Crippen molar-refractivity contribution in [2.75, 3.05) is 20.3 Å². The fourth-order valence-corrected chi connectivity index (χ4v) is 3.51. The molecule has 2 aromatic rings. The average molecular weight is 398 g/mol. The normalized spacial score (nSPS) is 11.3. The van der Waals surface area contributed by atoms with Crippen LogP contribution in [0.1, 0.15) is 58.2 Å². The van der Waals surface area contributed by atoms with E-state index in [1.54, 1.807) is 33.1 Å². The van der Waals surface area contributed by atoms with Gasteiger partial charge in [-0.25, -0.2) is 0 Å². The molecule has 0 atom stereocenters. The lowest BCUT2D eigenvalue weighted by atomic mass is 9.96. The van der Waals surface area contributed by atoms with Crippen molar-refractivity contribution >= 4 is 11.7 Å². The molecule has 0 aliphatic carbocycles. The van der Waals surface area contributed by atoms with E-state index in [1.807, 2.05) is 45.0 Å². The van der Waals surface area contributed by atoms with Crippen molar-refractivity contribution in [2.45, 2.75) is 46.6 Å². The van der Waals surface area contributed by atoms with E-state index in [0.717, 1.165) is 16.7 Å². The van der Waals surface area contributed by atoms with Crippen molar-refractivity contribution in [1.82, 2.24) is 4.90 Å². The zero-order valence-corrected chi connectivity index (χ0v) is 18.2. The number of aryl methyl sites for hydroxylation is 2. The number of methoxy groups -OCH3 is 1. The van der Waals surface area contributed by atoms with E-state index in [2.05, 4.69) is 0 Å². The standard InChI is InChI=1S/C24H31NO4/c1-7-19-20(9-8-10-22(19)29-6)21(27)14-25(24(4,5)15-26)23(28)18-12-16(2)11-17(3)13-18/h8-13,26H,7,14-15H2,1-6H3. The van der Waals surface area contributed by atoms with Crippen molar-refractivity contribution in [2.24, 2.45) is 0 Å². The number of aliphatic hydroxyl groups excluding tert-OH is 1. The highest BCUT2D eigenvalue weighted by atomic mass is 16.5. The number of carbonyl (C=O) groups is 2. The fourth-order valence-electron chi connectivity index (χ4n) is 3.51. The number of rotatable bonds is 8. The Balaban J connectivity index is 2.45. The molecule has 1 amide bonds. The van der Waals surface area contributed by atoms with E-state index in [4.69, 9.17) is 4.74 Å². The molecule has 0 aromatic heterocycles. The third-order valence-electron chi connectivity index (χ3n) is 5.14. The molecule has 0 aliphatic rings. The Hall–Kier alpha value is -2.66. The van der Waals surface area contributed by atoms with Gasteiger partial charge in [0.05, 0.1) is 25.8 Å². The van der Waals surface area contributed by atoms with Crippen LogP contribution in [0.25, 0.3) is 0 Å². The van der Waals surface area contributed by atoms with E-state index in [9.17, 15) is 14.7 Å². The highest BCUT2D eigenvalue weighted by Gasteiger charge is 2.33. The number of hydrogen-bond donors (Lipinski definition) is 1. The molecule has 2 rings (SSSR count). The summed E-state index contributed by atoms with van der Waals surface area (Å²) >= 11 is 0. The van der Waals surface area contributed by atoms with E-state index in [1.165, 1.54) is 4.90 Å². The first-order chi connectivity index (χ1) is 13.6. The minimum Gasteiger partial charge on any atom is -0.496 e. The molecular formula is C24H31NO4. The predicted octanol–water partition coefficient (Wildman–Crippen LogP) is 3.97. The van der Waals surface area contributed by atoms with Crippen LogP contribution < -0.4 is 4.74 Å². The number of benzene rings is 2. The van der Waals surface area contributed by atoms with Crippen LogP contribution in [0.4, 0.5) is 0 Å². The highest BCUT2D eigenvalue weighted by molar-refractivity contribution is 6.03. The second kappa shape index (κ2) is 9.23. The number of hydrogen-bond acceptors (Lipinski definition) is 4. The Morgan fingerprint density at radius 3 is 2.24 bits per heavy atom. The molecule has 0 heterocycles. The molecule has 1 N–H and O–H groups in total. The van der Waals surface area contributed by atoms with Crippen molar-refractivity contribution in [1.29, 1.82) is 0 Å². The van der Waals surface area contributed by atoms with Crippen molar-refractivity contribution in [3.63, 3.8) is 0 Å². The van der Waals surface area contributed by atoms with Gasteiger partial charge in [-0.2, -0.15) is 0 Å². The molecule has 0 aliphatic heterocycles. The SMILES string of the molecule is CCc1c(OC)cccc1C(=O)CN(C(=O)c1cc(C)cc(C)c1)C(C)(C)CO. The number of ether oxygens (including phenoxy) is 1. The summed E-state index contributed by atoms with van der Waals surface area (Å²) in [7, 11) is 1.58. The topological polar surface area (TPSA) is 66.8 Å². The second-order valence-corrected chi connectivity index (χ2v) is 8.00. The van der Waals surface area contributed by atoms with Crippen LogP contribution in [0.15, 0.2) is 36.4 Å². The molecule has 5 nitrogen and oxygen atoms in total. The van der Waals surface area contributed by atoms with E-state index < -0.39 is 5.54 Å². The first kappa shape index (κ1) is 22.6. The van der Waals surface area contributed by atoms with Gasteiger partial charge >= 0.3 is 0 Å². The Kier molecular flexibility index (Phi) is 7.20. The molecule has 0 radical (unpaired) electrons. The molecule has 29 heavy (non-hydrogen) atoms. The number of nitrogens with zero attached hydrogens (tertiary/aromatic N) is 1. The van der Waals surface area contributed by atoms with Crippen molar-refractivity contribution in [3.05, 3.63) is 64.2 Å². The first-order valence-electron chi connectivity index (χ1n) is 9.84. The molecule has 2 aromatic carbocycles. The molecule has 0 spiro atoms. The summed E-state index contributed by atoms with van der Waals surface area (Å²) in [5.41, 5.74) is 2.93. The maximum atomic E-state index is 13.3. The van der Waals surface area contributed by atoms with Gasteiger partial charge in [0.15, 0.2) is 5.78 Å². The van der Waals surface area contributed by atoms with Crippen molar-refractivity contribution < 1.29 is 19.4 Å². The molecule has 156 valence electrons. The second-order valence-electron chi connectivity index (χ2n) is 8.00. The minimum absolute atomic E-state index is 0.125. The van der Waals surface area contributed by atoms with Gasteiger partial charge in [-0.1, -0.05) is 36.2 Å². The molecule has 0 unspecified atom stereocenters.